The first kappa shape index (κ1) is 20.5. The van der Waals surface area contributed by atoms with Crippen LogP contribution in [0.3, 0.4) is 0 Å². The van der Waals surface area contributed by atoms with E-state index in [1.807, 2.05) is 48.5 Å². The molecule has 0 bridgehead atoms. The number of benzene rings is 2. The minimum absolute atomic E-state index is 0.276. The third-order valence-electron chi connectivity index (χ3n) is 4.91. The van der Waals surface area contributed by atoms with E-state index in [1.165, 1.54) is 13.2 Å². The van der Waals surface area contributed by atoms with Crippen molar-refractivity contribution in [2.45, 2.75) is 0 Å². The zero-order chi connectivity index (χ0) is 22.0. The second-order valence-electron chi connectivity index (χ2n) is 6.76. The topological polar surface area (TPSA) is 69.0 Å². The molecule has 2 aromatic carbocycles. The molecule has 2 aromatic heterocycles. The quantitative estimate of drug-likeness (QED) is 0.338. The normalized spacial score (nSPS) is 10.7. The van der Waals surface area contributed by atoms with Crippen LogP contribution in [-0.2, 0) is 4.79 Å². The molecule has 0 atom stereocenters. The zero-order valence-corrected chi connectivity index (χ0v) is 17.6. The average Bonchev–Trinajstić information content (AvgIpc) is 3.18. The number of ketones is 1. The predicted octanol–water partition coefficient (Wildman–Crippen LogP) is 5.10. The van der Waals surface area contributed by atoms with Crippen molar-refractivity contribution in [3.63, 3.8) is 0 Å². The van der Waals surface area contributed by atoms with Gasteiger partial charge in [-0.05, 0) is 54.1 Å². The van der Waals surface area contributed by atoms with Crippen molar-refractivity contribution in [2.75, 3.05) is 19.5 Å². The van der Waals surface area contributed by atoms with Crippen LogP contribution in [0, 0.1) is 0 Å². The average molecular weight is 435 g/mol. The number of halogens is 1. The summed E-state index contributed by atoms with van der Waals surface area (Å²) in [5, 5.41) is 2.96. The van der Waals surface area contributed by atoms with Crippen LogP contribution >= 0.6 is 11.6 Å². The molecule has 0 aliphatic carbocycles. The van der Waals surface area contributed by atoms with Gasteiger partial charge in [-0.3, -0.25) is 9.59 Å². The molecule has 0 aliphatic rings. The van der Waals surface area contributed by atoms with E-state index in [4.69, 9.17) is 21.1 Å². The second kappa shape index (κ2) is 8.53. The van der Waals surface area contributed by atoms with Crippen LogP contribution in [-0.4, -0.2) is 30.3 Å². The number of rotatable bonds is 6. The number of aromatic nitrogens is 1. The third-order valence-corrected chi connectivity index (χ3v) is 5.21. The molecule has 0 saturated carbocycles. The van der Waals surface area contributed by atoms with Crippen molar-refractivity contribution >= 4 is 34.5 Å². The molecule has 6 nitrogen and oxygen atoms in total. The van der Waals surface area contributed by atoms with Crippen molar-refractivity contribution in [3.05, 3.63) is 83.6 Å². The lowest BCUT2D eigenvalue weighted by Crippen LogP contribution is -2.24. The van der Waals surface area contributed by atoms with Gasteiger partial charge in [0.15, 0.2) is 0 Å². The summed E-state index contributed by atoms with van der Waals surface area (Å²) >= 11 is 6.12. The lowest BCUT2D eigenvalue weighted by atomic mass is 10.0. The Morgan fingerprint density at radius 2 is 1.71 bits per heavy atom. The van der Waals surface area contributed by atoms with E-state index in [2.05, 4.69) is 5.32 Å². The van der Waals surface area contributed by atoms with E-state index < -0.39 is 11.7 Å². The first-order chi connectivity index (χ1) is 15.0. The summed E-state index contributed by atoms with van der Waals surface area (Å²) in [6, 6.07) is 19.6. The van der Waals surface area contributed by atoms with Crippen LogP contribution in [0.15, 0.2) is 72.9 Å². The summed E-state index contributed by atoms with van der Waals surface area (Å²) in [7, 11) is 3.09. The second-order valence-corrected chi connectivity index (χ2v) is 7.17. The highest BCUT2D eigenvalue weighted by Crippen LogP contribution is 2.31. The third kappa shape index (κ3) is 3.98. The maximum absolute atomic E-state index is 13.2. The van der Waals surface area contributed by atoms with Crippen molar-refractivity contribution in [2.24, 2.45) is 0 Å². The Morgan fingerprint density at radius 3 is 2.39 bits per heavy atom. The molecule has 31 heavy (non-hydrogen) atoms. The molecule has 156 valence electrons. The van der Waals surface area contributed by atoms with Crippen molar-refractivity contribution in [1.29, 1.82) is 0 Å². The van der Waals surface area contributed by atoms with Crippen molar-refractivity contribution in [1.82, 2.24) is 4.40 Å². The minimum atomic E-state index is -0.764. The van der Waals surface area contributed by atoms with E-state index >= 15 is 0 Å². The largest absolute Gasteiger partial charge is 0.497 e. The molecule has 0 saturated heterocycles. The number of pyridine rings is 1. The SMILES string of the molecule is COc1ccc(-c2cc3ccccn3c2C(=O)C(=O)Nc2ccc(OC)c(Cl)c2)cc1. The molecule has 0 aliphatic heterocycles. The van der Waals surface area contributed by atoms with Gasteiger partial charge in [0.25, 0.3) is 11.7 Å². The number of fused-ring (bicyclic) bond motifs is 1. The molecule has 0 spiro atoms. The maximum atomic E-state index is 13.2. The van der Waals surface area contributed by atoms with Crippen LogP contribution in [0.5, 0.6) is 11.5 Å². The molecule has 7 heteroatoms. The van der Waals surface area contributed by atoms with E-state index in [1.54, 1.807) is 29.8 Å². The van der Waals surface area contributed by atoms with Gasteiger partial charge in [-0.15, -0.1) is 0 Å². The molecule has 0 unspecified atom stereocenters. The lowest BCUT2D eigenvalue weighted by Gasteiger charge is -2.09. The predicted molar refractivity (Wildman–Crippen MR) is 120 cm³/mol. The fourth-order valence-corrected chi connectivity index (χ4v) is 3.64. The summed E-state index contributed by atoms with van der Waals surface area (Å²) in [6.45, 7) is 0. The smallest absolute Gasteiger partial charge is 0.298 e. The molecule has 1 N–H and O–H groups in total. The first-order valence-corrected chi connectivity index (χ1v) is 9.83. The molecule has 2 heterocycles. The van der Waals surface area contributed by atoms with Crippen LogP contribution < -0.4 is 14.8 Å². The van der Waals surface area contributed by atoms with Gasteiger partial charge in [0.05, 0.1) is 19.2 Å². The number of nitrogens with one attached hydrogen (secondary N) is 1. The Hall–Kier alpha value is -3.77. The standard InChI is InChI=1S/C24H19ClN2O4/c1-30-18-9-6-15(7-10-18)19-14-17-5-3-4-12-27(17)22(19)23(28)24(29)26-16-8-11-21(31-2)20(25)13-16/h3-14H,1-2H3,(H,26,29). The summed E-state index contributed by atoms with van der Waals surface area (Å²) in [5.41, 5.74) is 2.93. The fourth-order valence-electron chi connectivity index (χ4n) is 3.39. The summed E-state index contributed by atoms with van der Waals surface area (Å²) < 4.78 is 12.0. The van der Waals surface area contributed by atoms with Gasteiger partial charge in [-0.1, -0.05) is 29.8 Å². The monoisotopic (exact) mass is 434 g/mol. The first-order valence-electron chi connectivity index (χ1n) is 9.45. The number of nitrogens with zero attached hydrogens (tertiary/aromatic N) is 1. The Labute approximate surface area is 184 Å². The molecule has 0 fully saturated rings. The fraction of sp³-hybridized carbons (Fsp3) is 0.0833. The Bertz CT molecular complexity index is 1280. The van der Waals surface area contributed by atoms with Crippen molar-refractivity contribution in [3.8, 4) is 22.6 Å². The summed E-state index contributed by atoms with van der Waals surface area (Å²) in [4.78, 5) is 26.1. The number of methoxy groups -OCH3 is 2. The maximum Gasteiger partial charge on any atom is 0.298 e. The van der Waals surface area contributed by atoms with Gasteiger partial charge >= 0.3 is 0 Å². The van der Waals surface area contributed by atoms with Gasteiger partial charge in [-0.25, -0.2) is 0 Å². The lowest BCUT2D eigenvalue weighted by molar-refractivity contribution is -0.112. The molecule has 0 radical (unpaired) electrons. The Kier molecular flexibility index (Phi) is 5.64. The molecule has 1 amide bonds. The van der Waals surface area contributed by atoms with Gasteiger partial charge < -0.3 is 19.2 Å². The van der Waals surface area contributed by atoms with Crippen LogP contribution in [0.4, 0.5) is 5.69 Å². The Balaban J connectivity index is 1.72. The summed E-state index contributed by atoms with van der Waals surface area (Å²) in [5.74, 6) is -0.247. The molecule has 4 aromatic rings. The molecular weight excluding hydrogens is 416 g/mol. The number of hydrogen-bond acceptors (Lipinski definition) is 4. The van der Waals surface area contributed by atoms with E-state index in [0.717, 1.165) is 11.1 Å². The van der Waals surface area contributed by atoms with Crippen LogP contribution in [0.2, 0.25) is 5.02 Å². The van der Waals surface area contributed by atoms with E-state index in [9.17, 15) is 9.59 Å². The zero-order valence-electron chi connectivity index (χ0n) is 16.9. The summed E-state index contributed by atoms with van der Waals surface area (Å²) in [6.07, 6.45) is 1.76. The highest BCUT2D eigenvalue weighted by molar-refractivity contribution is 6.47. The number of hydrogen-bond donors (Lipinski definition) is 1. The number of Topliss-reactive ketones (excluding diaryl/α,β-unsaturated/α-hetero) is 1. The van der Waals surface area contributed by atoms with Gasteiger partial charge in [0.1, 0.15) is 17.2 Å². The highest BCUT2D eigenvalue weighted by atomic mass is 35.5. The van der Waals surface area contributed by atoms with Gasteiger partial charge in [-0.2, -0.15) is 0 Å². The molecule has 4 rings (SSSR count). The number of carbonyl (C=O) groups is 2. The van der Waals surface area contributed by atoms with E-state index in [-0.39, 0.29) is 5.69 Å². The number of amides is 1. The molecular formula is C24H19ClN2O4. The van der Waals surface area contributed by atoms with Gasteiger partial charge in [0.2, 0.25) is 0 Å². The Morgan fingerprint density at radius 1 is 0.935 bits per heavy atom. The number of ether oxygens (including phenoxy) is 2. The highest BCUT2D eigenvalue weighted by Gasteiger charge is 2.25. The number of carbonyl (C=O) groups excluding carboxylic acids is 2. The van der Waals surface area contributed by atoms with Crippen LogP contribution in [0.25, 0.3) is 16.6 Å². The van der Waals surface area contributed by atoms with Crippen LogP contribution in [0.1, 0.15) is 10.5 Å². The van der Waals surface area contributed by atoms with Crippen molar-refractivity contribution < 1.29 is 19.1 Å². The minimum Gasteiger partial charge on any atom is -0.497 e. The number of anilines is 1. The van der Waals surface area contributed by atoms with Gasteiger partial charge in [0, 0.05) is 23.0 Å². The van der Waals surface area contributed by atoms with E-state index in [0.29, 0.717) is 27.8 Å².